The van der Waals surface area contributed by atoms with Crippen LogP contribution in [0.3, 0.4) is 0 Å². The number of oxazole rings is 1. The number of hydrogen-bond acceptors (Lipinski definition) is 3. The van der Waals surface area contributed by atoms with Crippen molar-refractivity contribution in [1.82, 2.24) is 4.98 Å². The number of alkyl halides is 1. The Kier molecular flexibility index (Phi) is 2.62. The van der Waals surface area contributed by atoms with E-state index in [0.29, 0.717) is 19.0 Å². The normalized spacial score (nSPS) is 10.6. The minimum atomic E-state index is -0.326. The Bertz CT molecular complexity index is 380. The quantitative estimate of drug-likeness (QED) is 0.760. The molecule has 0 fully saturated rings. The van der Waals surface area contributed by atoms with E-state index in [1.807, 2.05) is 24.3 Å². The molecule has 14 heavy (non-hydrogen) atoms. The Morgan fingerprint density at radius 1 is 1.36 bits per heavy atom. The van der Waals surface area contributed by atoms with Gasteiger partial charge in [-0.3, -0.25) is 4.39 Å². The third kappa shape index (κ3) is 1.84. The number of para-hydroxylation sites is 2. The SMILES string of the molecule is FCCCNc1nc2ccccc2o1. The third-order valence-corrected chi connectivity index (χ3v) is 1.88. The fourth-order valence-corrected chi connectivity index (χ4v) is 1.21. The van der Waals surface area contributed by atoms with Gasteiger partial charge in [0.05, 0.1) is 6.67 Å². The Morgan fingerprint density at radius 3 is 3.00 bits per heavy atom. The summed E-state index contributed by atoms with van der Waals surface area (Å²) >= 11 is 0. The molecule has 0 aliphatic rings. The molecular formula is C10H11FN2O. The molecule has 0 aliphatic carbocycles. The molecular weight excluding hydrogens is 183 g/mol. The second kappa shape index (κ2) is 4.09. The van der Waals surface area contributed by atoms with E-state index in [4.69, 9.17) is 4.42 Å². The number of aromatic nitrogens is 1. The smallest absolute Gasteiger partial charge is 0.295 e. The highest BCUT2D eigenvalue weighted by atomic mass is 19.1. The molecule has 0 saturated carbocycles. The standard InChI is InChI=1S/C10H11FN2O/c11-6-3-7-12-10-13-8-4-1-2-5-9(8)14-10/h1-2,4-5H,3,6-7H2,(H,12,13). The van der Waals surface area contributed by atoms with Gasteiger partial charge in [0.1, 0.15) is 5.52 Å². The zero-order valence-corrected chi connectivity index (χ0v) is 7.66. The van der Waals surface area contributed by atoms with Gasteiger partial charge >= 0.3 is 0 Å². The molecule has 4 heteroatoms. The van der Waals surface area contributed by atoms with Crippen LogP contribution in [0.25, 0.3) is 11.1 Å². The lowest BCUT2D eigenvalue weighted by molar-refractivity contribution is 0.478. The summed E-state index contributed by atoms with van der Waals surface area (Å²) in [5.74, 6) is 0. The monoisotopic (exact) mass is 194 g/mol. The molecule has 1 aromatic heterocycles. The first-order valence-corrected chi connectivity index (χ1v) is 4.55. The zero-order valence-electron chi connectivity index (χ0n) is 7.66. The van der Waals surface area contributed by atoms with Crippen molar-refractivity contribution in [3.8, 4) is 0 Å². The number of nitrogens with zero attached hydrogens (tertiary/aromatic N) is 1. The Hall–Kier alpha value is -1.58. The summed E-state index contributed by atoms with van der Waals surface area (Å²) in [6, 6.07) is 7.97. The van der Waals surface area contributed by atoms with Crippen LogP contribution in [0, 0.1) is 0 Å². The number of fused-ring (bicyclic) bond motifs is 1. The summed E-state index contributed by atoms with van der Waals surface area (Å²) < 4.78 is 17.2. The minimum Gasteiger partial charge on any atom is -0.424 e. The molecule has 3 nitrogen and oxygen atoms in total. The molecule has 1 heterocycles. The van der Waals surface area contributed by atoms with Gasteiger partial charge in [-0.25, -0.2) is 0 Å². The lowest BCUT2D eigenvalue weighted by atomic mass is 10.3. The largest absolute Gasteiger partial charge is 0.424 e. The molecule has 0 spiro atoms. The Morgan fingerprint density at radius 2 is 2.21 bits per heavy atom. The highest BCUT2D eigenvalue weighted by molar-refractivity contribution is 5.74. The van der Waals surface area contributed by atoms with Crippen LogP contribution in [0.1, 0.15) is 6.42 Å². The van der Waals surface area contributed by atoms with E-state index in [-0.39, 0.29) is 6.67 Å². The van der Waals surface area contributed by atoms with Crippen LogP contribution in [0.4, 0.5) is 10.4 Å². The molecule has 74 valence electrons. The summed E-state index contributed by atoms with van der Waals surface area (Å²) in [7, 11) is 0. The maximum Gasteiger partial charge on any atom is 0.295 e. The third-order valence-electron chi connectivity index (χ3n) is 1.88. The molecule has 1 aromatic carbocycles. The molecule has 0 unspecified atom stereocenters. The van der Waals surface area contributed by atoms with Gasteiger partial charge in [-0.1, -0.05) is 12.1 Å². The molecule has 2 aromatic rings. The average Bonchev–Trinajstić information content (AvgIpc) is 2.60. The molecule has 0 saturated heterocycles. The van der Waals surface area contributed by atoms with E-state index in [2.05, 4.69) is 10.3 Å². The summed E-state index contributed by atoms with van der Waals surface area (Å²) in [6.07, 6.45) is 0.471. The van der Waals surface area contributed by atoms with Gasteiger partial charge < -0.3 is 9.73 Å². The zero-order chi connectivity index (χ0) is 9.80. The number of nitrogens with one attached hydrogen (secondary N) is 1. The predicted molar refractivity (Wildman–Crippen MR) is 53.1 cm³/mol. The van der Waals surface area contributed by atoms with E-state index >= 15 is 0 Å². The summed E-state index contributed by atoms with van der Waals surface area (Å²) in [4.78, 5) is 4.18. The second-order valence-corrected chi connectivity index (χ2v) is 2.96. The lowest BCUT2D eigenvalue weighted by Gasteiger charge is -1.96. The van der Waals surface area contributed by atoms with Crippen LogP contribution in [-0.4, -0.2) is 18.2 Å². The minimum absolute atomic E-state index is 0.326. The van der Waals surface area contributed by atoms with E-state index in [1.165, 1.54) is 0 Å². The van der Waals surface area contributed by atoms with Gasteiger partial charge in [-0.15, -0.1) is 0 Å². The van der Waals surface area contributed by atoms with Gasteiger partial charge in [0.15, 0.2) is 5.58 Å². The van der Waals surface area contributed by atoms with Crippen LogP contribution < -0.4 is 5.32 Å². The van der Waals surface area contributed by atoms with Crippen molar-refractivity contribution >= 4 is 17.1 Å². The maximum absolute atomic E-state index is 11.8. The van der Waals surface area contributed by atoms with E-state index in [9.17, 15) is 4.39 Å². The lowest BCUT2D eigenvalue weighted by Crippen LogP contribution is -2.01. The van der Waals surface area contributed by atoms with Crippen LogP contribution in [0.5, 0.6) is 0 Å². The van der Waals surface area contributed by atoms with Crippen molar-refractivity contribution in [3.63, 3.8) is 0 Å². The molecule has 1 N–H and O–H groups in total. The fraction of sp³-hybridized carbons (Fsp3) is 0.300. The second-order valence-electron chi connectivity index (χ2n) is 2.96. The highest BCUT2D eigenvalue weighted by Crippen LogP contribution is 2.17. The average molecular weight is 194 g/mol. The van der Waals surface area contributed by atoms with Gasteiger partial charge in [0.25, 0.3) is 6.01 Å². The fourth-order valence-electron chi connectivity index (χ4n) is 1.21. The number of halogens is 1. The van der Waals surface area contributed by atoms with Crippen molar-refractivity contribution in [2.24, 2.45) is 0 Å². The van der Waals surface area contributed by atoms with E-state index < -0.39 is 0 Å². The number of benzene rings is 1. The topological polar surface area (TPSA) is 38.1 Å². The number of anilines is 1. The van der Waals surface area contributed by atoms with Crippen molar-refractivity contribution in [1.29, 1.82) is 0 Å². The molecule has 0 amide bonds. The number of rotatable bonds is 4. The van der Waals surface area contributed by atoms with E-state index in [0.717, 1.165) is 11.1 Å². The summed E-state index contributed by atoms with van der Waals surface area (Å²) in [5.41, 5.74) is 1.56. The van der Waals surface area contributed by atoms with Crippen molar-refractivity contribution in [2.75, 3.05) is 18.5 Å². The molecule has 0 atom stereocenters. The summed E-state index contributed by atoms with van der Waals surface area (Å²) in [5, 5.41) is 2.92. The Balaban J connectivity index is 2.11. The Labute approximate surface area is 80.9 Å². The molecule has 2 rings (SSSR count). The molecule has 0 aliphatic heterocycles. The van der Waals surface area contributed by atoms with Crippen LogP contribution in [0.2, 0.25) is 0 Å². The van der Waals surface area contributed by atoms with Crippen LogP contribution >= 0.6 is 0 Å². The van der Waals surface area contributed by atoms with Gasteiger partial charge in [-0.05, 0) is 18.6 Å². The number of hydrogen-bond donors (Lipinski definition) is 1. The first-order valence-electron chi connectivity index (χ1n) is 4.55. The van der Waals surface area contributed by atoms with Gasteiger partial charge in [0, 0.05) is 6.54 Å². The first-order chi connectivity index (χ1) is 6.90. The maximum atomic E-state index is 11.8. The van der Waals surface area contributed by atoms with Crippen molar-refractivity contribution < 1.29 is 8.81 Å². The molecule has 0 bridgehead atoms. The van der Waals surface area contributed by atoms with Crippen molar-refractivity contribution in [2.45, 2.75) is 6.42 Å². The summed E-state index contributed by atoms with van der Waals surface area (Å²) in [6.45, 7) is 0.219. The highest BCUT2D eigenvalue weighted by Gasteiger charge is 2.02. The van der Waals surface area contributed by atoms with Crippen LogP contribution in [-0.2, 0) is 0 Å². The van der Waals surface area contributed by atoms with Gasteiger partial charge in [0.2, 0.25) is 0 Å². The van der Waals surface area contributed by atoms with E-state index in [1.54, 1.807) is 0 Å². The first kappa shape index (κ1) is 8.99. The molecule has 0 radical (unpaired) electrons. The van der Waals surface area contributed by atoms with Gasteiger partial charge in [-0.2, -0.15) is 4.98 Å². The van der Waals surface area contributed by atoms with Crippen molar-refractivity contribution in [3.05, 3.63) is 24.3 Å². The predicted octanol–water partition coefficient (Wildman–Crippen LogP) is 2.60. The van der Waals surface area contributed by atoms with Crippen LogP contribution in [0.15, 0.2) is 28.7 Å².